The van der Waals surface area contributed by atoms with E-state index >= 15 is 0 Å². The zero-order chi connectivity index (χ0) is 22.0. The van der Waals surface area contributed by atoms with Gasteiger partial charge in [0.15, 0.2) is 5.78 Å². The number of aromatic nitrogens is 3. The van der Waals surface area contributed by atoms with Gasteiger partial charge < -0.3 is 9.30 Å². The minimum atomic E-state index is -0.547. The van der Waals surface area contributed by atoms with Gasteiger partial charge in [-0.15, -0.1) is 0 Å². The Balaban J connectivity index is 1.96. The first-order valence-corrected chi connectivity index (χ1v) is 9.72. The van der Waals surface area contributed by atoms with E-state index in [1.54, 1.807) is 13.8 Å². The molecule has 1 aromatic carbocycles. The Morgan fingerprint density at radius 2 is 1.83 bits per heavy atom. The second kappa shape index (κ2) is 8.37. The van der Waals surface area contributed by atoms with Gasteiger partial charge in [-0.1, -0.05) is 0 Å². The van der Waals surface area contributed by atoms with Crippen LogP contribution in [0.25, 0.3) is 5.69 Å². The van der Waals surface area contributed by atoms with Crippen molar-refractivity contribution in [1.82, 2.24) is 14.3 Å². The average molecular weight is 404 g/mol. The average Bonchev–Trinajstić information content (AvgIpc) is 3.02. The lowest BCUT2D eigenvalue weighted by Crippen LogP contribution is -2.30. The van der Waals surface area contributed by atoms with Crippen molar-refractivity contribution >= 4 is 5.78 Å². The summed E-state index contributed by atoms with van der Waals surface area (Å²) < 4.78 is 8.55. The normalized spacial score (nSPS) is 10.7. The Hall–Kier alpha value is -3.66. The van der Waals surface area contributed by atoms with Gasteiger partial charge in [0.05, 0.1) is 12.3 Å². The highest BCUT2D eigenvalue weighted by Gasteiger charge is 2.19. The van der Waals surface area contributed by atoms with Gasteiger partial charge in [-0.3, -0.25) is 9.59 Å². The Bertz CT molecular complexity index is 1210. The largest absolute Gasteiger partial charge is 0.494 e. The predicted molar refractivity (Wildman–Crippen MR) is 113 cm³/mol. The molecule has 0 unspecified atom stereocenters. The molecule has 0 aliphatic rings. The van der Waals surface area contributed by atoms with E-state index in [2.05, 4.69) is 5.10 Å². The lowest BCUT2D eigenvalue weighted by molar-refractivity contribution is 0.0965. The van der Waals surface area contributed by atoms with Crippen LogP contribution in [0.15, 0.2) is 35.1 Å². The van der Waals surface area contributed by atoms with Gasteiger partial charge in [-0.2, -0.15) is 10.4 Å². The van der Waals surface area contributed by atoms with E-state index in [9.17, 15) is 14.9 Å². The van der Waals surface area contributed by atoms with Crippen LogP contribution in [0, 0.1) is 39.0 Å². The molecule has 0 aliphatic carbocycles. The Morgan fingerprint density at radius 3 is 2.43 bits per heavy atom. The summed E-state index contributed by atoms with van der Waals surface area (Å²) in [4.78, 5) is 25.5. The van der Waals surface area contributed by atoms with Gasteiger partial charge in [-0.25, -0.2) is 4.68 Å². The number of rotatable bonds is 6. The SMILES string of the molecule is CCOc1ccc(-n2c(C)cc(C(=O)Cn3nc(C)c(C)c(C#N)c3=O)c2C)cc1. The first-order valence-electron chi connectivity index (χ1n) is 9.72. The highest BCUT2D eigenvalue weighted by atomic mass is 16.5. The maximum Gasteiger partial charge on any atom is 0.285 e. The minimum absolute atomic E-state index is 0.0233. The summed E-state index contributed by atoms with van der Waals surface area (Å²) in [6.07, 6.45) is 0. The zero-order valence-electron chi connectivity index (χ0n) is 17.8. The maximum absolute atomic E-state index is 13.0. The van der Waals surface area contributed by atoms with E-state index in [1.165, 1.54) is 0 Å². The van der Waals surface area contributed by atoms with E-state index in [-0.39, 0.29) is 17.9 Å². The quantitative estimate of drug-likeness (QED) is 0.587. The molecule has 2 aromatic heterocycles. The van der Waals surface area contributed by atoms with Gasteiger partial charge >= 0.3 is 0 Å². The van der Waals surface area contributed by atoms with Gasteiger partial charge in [0, 0.05) is 22.6 Å². The molecule has 0 fully saturated rings. The number of nitriles is 1. The van der Waals surface area contributed by atoms with E-state index < -0.39 is 5.56 Å². The Labute approximate surface area is 175 Å². The highest BCUT2D eigenvalue weighted by molar-refractivity contribution is 5.97. The fourth-order valence-electron chi connectivity index (χ4n) is 3.53. The monoisotopic (exact) mass is 404 g/mol. The number of ketones is 1. The smallest absolute Gasteiger partial charge is 0.285 e. The number of ether oxygens (including phenoxy) is 1. The molecule has 3 rings (SSSR count). The molecule has 7 nitrogen and oxygen atoms in total. The van der Waals surface area contributed by atoms with Gasteiger partial charge in [0.1, 0.15) is 23.9 Å². The van der Waals surface area contributed by atoms with Crippen LogP contribution in [0.4, 0.5) is 0 Å². The predicted octanol–water partition coefficient (Wildman–Crippen LogP) is 3.42. The number of aryl methyl sites for hydroxylation is 2. The van der Waals surface area contributed by atoms with Crippen molar-refractivity contribution in [1.29, 1.82) is 5.26 Å². The Kier molecular flexibility index (Phi) is 5.88. The molecule has 0 saturated heterocycles. The maximum atomic E-state index is 13.0. The third-order valence-corrected chi connectivity index (χ3v) is 5.18. The molecule has 30 heavy (non-hydrogen) atoms. The zero-order valence-corrected chi connectivity index (χ0v) is 17.8. The molecule has 0 N–H and O–H groups in total. The van der Waals surface area contributed by atoms with E-state index in [1.807, 2.05) is 61.7 Å². The lowest BCUT2D eigenvalue weighted by Gasteiger charge is -2.11. The van der Waals surface area contributed by atoms with Gasteiger partial charge in [0.25, 0.3) is 5.56 Å². The van der Waals surface area contributed by atoms with E-state index in [0.717, 1.165) is 27.5 Å². The summed E-state index contributed by atoms with van der Waals surface area (Å²) in [6.45, 7) is 9.50. The van der Waals surface area contributed by atoms with Crippen LogP contribution >= 0.6 is 0 Å². The molecule has 0 saturated carbocycles. The number of carbonyl (C=O) groups excluding carboxylic acids is 1. The van der Waals surface area contributed by atoms with Crippen molar-refractivity contribution in [3.8, 4) is 17.5 Å². The van der Waals surface area contributed by atoms with Gasteiger partial charge in [0.2, 0.25) is 0 Å². The molecule has 7 heteroatoms. The number of carbonyl (C=O) groups is 1. The molecular weight excluding hydrogens is 380 g/mol. The summed E-state index contributed by atoms with van der Waals surface area (Å²) in [6, 6.07) is 11.4. The fourth-order valence-corrected chi connectivity index (χ4v) is 3.53. The molecule has 2 heterocycles. The number of benzene rings is 1. The number of hydrogen-bond acceptors (Lipinski definition) is 5. The van der Waals surface area contributed by atoms with Crippen molar-refractivity contribution < 1.29 is 9.53 Å². The fraction of sp³-hybridized carbons (Fsp3) is 0.304. The van der Waals surface area contributed by atoms with Crippen LogP contribution in [0.2, 0.25) is 0 Å². The standard InChI is InChI=1S/C23H24N4O3/c1-6-30-19-9-7-18(8-10-19)27-14(2)11-20(17(27)5)22(28)13-26-23(29)21(12-24)15(3)16(4)25-26/h7-11H,6,13H2,1-5H3. The minimum Gasteiger partial charge on any atom is -0.494 e. The second-order valence-corrected chi connectivity index (χ2v) is 7.13. The van der Waals surface area contributed by atoms with Crippen molar-refractivity contribution in [3.63, 3.8) is 0 Å². The van der Waals surface area contributed by atoms with Crippen molar-refractivity contribution in [2.45, 2.75) is 41.2 Å². The van der Waals surface area contributed by atoms with Crippen molar-refractivity contribution in [2.75, 3.05) is 6.61 Å². The lowest BCUT2D eigenvalue weighted by atomic mass is 10.1. The molecule has 0 amide bonds. The van der Waals surface area contributed by atoms with Gasteiger partial charge in [-0.05, 0) is 70.5 Å². The van der Waals surface area contributed by atoms with Crippen LogP contribution in [0.1, 0.15) is 45.5 Å². The summed E-state index contributed by atoms with van der Waals surface area (Å²) in [5, 5.41) is 13.5. The van der Waals surface area contributed by atoms with Crippen molar-refractivity contribution in [2.24, 2.45) is 0 Å². The molecule has 0 radical (unpaired) electrons. The van der Waals surface area contributed by atoms with E-state index in [0.29, 0.717) is 23.4 Å². The third-order valence-electron chi connectivity index (χ3n) is 5.18. The number of nitrogens with zero attached hydrogens (tertiary/aromatic N) is 4. The molecule has 0 spiro atoms. The first-order chi connectivity index (χ1) is 14.3. The topological polar surface area (TPSA) is 89.9 Å². The van der Waals surface area contributed by atoms with Crippen molar-refractivity contribution in [3.05, 3.63) is 74.5 Å². The van der Waals surface area contributed by atoms with Crippen LogP contribution in [-0.4, -0.2) is 26.7 Å². The molecule has 3 aromatic rings. The second-order valence-electron chi connectivity index (χ2n) is 7.13. The van der Waals surface area contributed by atoms with Crippen LogP contribution in [-0.2, 0) is 6.54 Å². The van der Waals surface area contributed by atoms with Crippen LogP contribution < -0.4 is 10.3 Å². The van der Waals surface area contributed by atoms with E-state index in [4.69, 9.17) is 4.74 Å². The molecule has 0 atom stereocenters. The Morgan fingerprint density at radius 1 is 1.17 bits per heavy atom. The number of Topliss-reactive ketones (excluding diaryl/α,β-unsaturated/α-hetero) is 1. The first kappa shape index (κ1) is 21.1. The molecular formula is C23H24N4O3. The molecule has 154 valence electrons. The van der Waals surface area contributed by atoms with Crippen LogP contribution in [0.5, 0.6) is 5.75 Å². The third kappa shape index (κ3) is 3.77. The summed E-state index contributed by atoms with van der Waals surface area (Å²) in [5.74, 6) is 0.551. The molecule has 0 bridgehead atoms. The van der Waals surface area contributed by atoms with Crippen LogP contribution in [0.3, 0.4) is 0 Å². The highest BCUT2D eigenvalue weighted by Crippen LogP contribution is 2.23. The molecule has 0 aliphatic heterocycles. The summed E-state index contributed by atoms with van der Waals surface area (Å²) >= 11 is 0. The summed E-state index contributed by atoms with van der Waals surface area (Å²) in [5.41, 5.74) is 3.69. The number of hydrogen-bond donors (Lipinski definition) is 0. The summed E-state index contributed by atoms with van der Waals surface area (Å²) in [7, 11) is 0.